The average Bonchev–Trinajstić information content (AvgIpc) is 2.42. The molecule has 2 aromatic rings. The van der Waals surface area contributed by atoms with Gasteiger partial charge in [0.05, 0.1) is 0 Å². The maximum Gasteiger partial charge on any atom is 0.187 e. The molecule has 0 aliphatic heterocycles. The maximum atomic E-state index is 13.3. The van der Waals surface area contributed by atoms with Gasteiger partial charge in [0.1, 0.15) is 0 Å². The predicted molar refractivity (Wildman–Crippen MR) is 79.2 cm³/mol. The Morgan fingerprint density at radius 3 is 2.29 bits per heavy atom. The zero-order valence-corrected chi connectivity index (χ0v) is 12.4. The first-order valence-corrected chi connectivity index (χ1v) is 6.86. The molecule has 21 heavy (non-hydrogen) atoms. The van der Waals surface area contributed by atoms with Gasteiger partial charge in [-0.3, -0.25) is 0 Å². The lowest BCUT2D eigenvalue weighted by Gasteiger charge is -2.17. The van der Waals surface area contributed by atoms with Crippen LogP contribution in [-0.4, -0.2) is 5.11 Å². The van der Waals surface area contributed by atoms with E-state index in [2.05, 4.69) is 17.4 Å². The van der Waals surface area contributed by atoms with E-state index in [1.807, 2.05) is 26.8 Å². The van der Waals surface area contributed by atoms with Crippen LogP contribution >= 0.6 is 0 Å². The van der Waals surface area contributed by atoms with Crippen molar-refractivity contribution in [3.63, 3.8) is 0 Å². The molecule has 2 aromatic carbocycles. The van der Waals surface area contributed by atoms with Gasteiger partial charge in [-0.25, -0.2) is 8.78 Å². The summed E-state index contributed by atoms with van der Waals surface area (Å²) in [5.41, 5.74) is 3.99. The molecule has 0 bridgehead atoms. The molecule has 0 amide bonds. The summed E-state index contributed by atoms with van der Waals surface area (Å²) in [7, 11) is 0. The summed E-state index contributed by atoms with van der Waals surface area (Å²) in [5, 5.41) is 12.3. The normalized spacial score (nSPS) is 12.4. The standard InChI is InChI=1S/C17H19F2NO/c1-10-4-5-14(11(2)6-10)12(3)20-9-13-7-15(18)17(21)16(19)8-13/h4-8,12,20-21H,9H2,1-3H3. The molecule has 0 radical (unpaired) electrons. The molecular formula is C17H19F2NO. The highest BCUT2D eigenvalue weighted by Gasteiger charge is 2.12. The van der Waals surface area contributed by atoms with E-state index in [1.165, 1.54) is 11.1 Å². The van der Waals surface area contributed by atoms with Crippen molar-refractivity contribution >= 4 is 0 Å². The minimum atomic E-state index is -0.939. The Morgan fingerprint density at radius 2 is 1.71 bits per heavy atom. The zero-order chi connectivity index (χ0) is 15.6. The molecule has 0 saturated heterocycles. The number of benzene rings is 2. The molecule has 2 rings (SSSR count). The summed E-state index contributed by atoms with van der Waals surface area (Å²) < 4.78 is 26.6. The number of nitrogens with one attached hydrogen (secondary N) is 1. The quantitative estimate of drug-likeness (QED) is 0.887. The van der Waals surface area contributed by atoms with Gasteiger partial charge < -0.3 is 10.4 Å². The fourth-order valence-electron chi connectivity index (χ4n) is 2.41. The summed E-state index contributed by atoms with van der Waals surface area (Å²) in [4.78, 5) is 0. The summed E-state index contributed by atoms with van der Waals surface area (Å²) >= 11 is 0. The third-order valence-electron chi connectivity index (χ3n) is 3.58. The molecule has 0 heterocycles. The second-order valence-corrected chi connectivity index (χ2v) is 5.37. The van der Waals surface area contributed by atoms with Crippen molar-refractivity contribution in [2.75, 3.05) is 0 Å². The van der Waals surface area contributed by atoms with Gasteiger partial charge in [-0.05, 0) is 49.6 Å². The van der Waals surface area contributed by atoms with E-state index in [4.69, 9.17) is 5.11 Å². The molecule has 0 spiro atoms. The lowest BCUT2D eigenvalue weighted by Crippen LogP contribution is -2.19. The minimum absolute atomic E-state index is 0.0607. The van der Waals surface area contributed by atoms with Crippen LogP contribution in [-0.2, 0) is 6.54 Å². The first kappa shape index (κ1) is 15.4. The molecule has 1 atom stereocenters. The van der Waals surface area contributed by atoms with Crippen molar-refractivity contribution in [1.82, 2.24) is 5.32 Å². The summed E-state index contributed by atoms with van der Waals surface area (Å²) in [6, 6.07) is 8.54. The van der Waals surface area contributed by atoms with Crippen molar-refractivity contribution in [2.45, 2.75) is 33.4 Å². The molecule has 0 fully saturated rings. The largest absolute Gasteiger partial charge is 0.503 e. The second-order valence-electron chi connectivity index (χ2n) is 5.37. The van der Waals surface area contributed by atoms with Crippen LogP contribution in [0, 0.1) is 25.5 Å². The van der Waals surface area contributed by atoms with E-state index in [9.17, 15) is 8.78 Å². The van der Waals surface area contributed by atoms with Crippen molar-refractivity contribution < 1.29 is 13.9 Å². The molecule has 2 N–H and O–H groups in total. The zero-order valence-electron chi connectivity index (χ0n) is 12.4. The van der Waals surface area contributed by atoms with Gasteiger partial charge in [0.2, 0.25) is 0 Å². The van der Waals surface area contributed by atoms with Crippen LogP contribution < -0.4 is 5.32 Å². The first-order valence-electron chi connectivity index (χ1n) is 6.86. The number of aryl methyl sites for hydroxylation is 2. The highest BCUT2D eigenvalue weighted by Crippen LogP contribution is 2.23. The lowest BCUT2D eigenvalue weighted by molar-refractivity contribution is 0.394. The Morgan fingerprint density at radius 1 is 1.10 bits per heavy atom. The van der Waals surface area contributed by atoms with Crippen LogP contribution in [0.25, 0.3) is 0 Å². The molecule has 4 heteroatoms. The number of hydrogen-bond donors (Lipinski definition) is 2. The Balaban J connectivity index is 2.09. The van der Waals surface area contributed by atoms with Crippen LogP contribution in [0.15, 0.2) is 30.3 Å². The molecule has 1 unspecified atom stereocenters. The van der Waals surface area contributed by atoms with E-state index in [1.54, 1.807) is 0 Å². The van der Waals surface area contributed by atoms with Gasteiger partial charge in [0.25, 0.3) is 0 Å². The second kappa shape index (κ2) is 6.22. The number of halogens is 2. The topological polar surface area (TPSA) is 32.3 Å². The van der Waals surface area contributed by atoms with Crippen LogP contribution in [0.2, 0.25) is 0 Å². The van der Waals surface area contributed by atoms with E-state index in [0.717, 1.165) is 17.7 Å². The highest BCUT2D eigenvalue weighted by atomic mass is 19.1. The molecule has 0 aliphatic rings. The van der Waals surface area contributed by atoms with Crippen LogP contribution in [0.4, 0.5) is 8.78 Å². The van der Waals surface area contributed by atoms with Crippen LogP contribution in [0.1, 0.15) is 35.2 Å². The van der Waals surface area contributed by atoms with Crippen LogP contribution in [0.5, 0.6) is 5.75 Å². The van der Waals surface area contributed by atoms with E-state index in [-0.39, 0.29) is 6.04 Å². The van der Waals surface area contributed by atoms with E-state index >= 15 is 0 Å². The molecule has 0 aromatic heterocycles. The van der Waals surface area contributed by atoms with Gasteiger partial charge in [-0.1, -0.05) is 23.8 Å². The average molecular weight is 291 g/mol. The fraction of sp³-hybridized carbons (Fsp3) is 0.294. The van der Waals surface area contributed by atoms with Crippen molar-refractivity contribution in [3.8, 4) is 5.75 Å². The molecule has 112 valence electrons. The Bertz CT molecular complexity index is 632. The smallest absolute Gasteiger partial charge is 0.187 e. The van der Waals surface area contributed by atoms with Gasteiger partial charge in [0.15, 0.2) is 17.4 Å². The van der Waals surface area contributed by atoms with Gasteiger partial charge in [-0.2, -0.15) is 0 Å². The van der Waals surface area contributed by atoms with Crippen molar-refractivity contribution in [1.29, 1.82) is 0 Å². The number of phenols is 1. The first-order chi connectivity index (χ1) is 9.88. The lowest BCUT2D eigenvalue weighted by atomic mass is 10.00. The third kappa shape index (κ3) is 3.58. The third-order valence-corrected chi connectivity index (χ3v) is 3.58. The highest BCUT2D eigenvalue weighted by molar-refractivity contribution is 5.33. The predicted octanol–water partition coefficient (Wildman–Crippen LogP) is 4.14. The Kier molecular flexibility index (Phi) is 4.58. The summed E-state index contributed by atoms with van der Waals surface area (Å²) in [5.74, 6) is -2.81. The Labute approximate surface area is 123 Å². The number of hydrogen-bond acceptors (Lipinski definition) is 2. The summed E-state index contributed by atoms with van der Waals surface area (Å²) in [6.45, 7) is 6.41. The van der Waals surface area contributed by atoms with Gasteiger partial charge in [-0.15, -0.1) is 0 Å². The van der Waals surface area contributed by atoms with Gasteiger partial charge in [0, 0.05) is 12.6 Å². The minimum Gasteiger partial charge on any atom is -0.503 e. The molecule has 2 nitrogen and oxygen atoms in total. The summed E-state index contributed by atoms with van der Waals surface area (Å²) in [6.07, 6.45) is 0. The van der Waals surface area contributed by atoms with Crippen molar-refractivity contribution in [2.24, 2.45) is 0 Å². The van der Waals surface area contributed by atoms with E-state index < -0.39 is 17.4 Å². The maximum absolute atomic E-state index is 13.3. The van der Waals surface area contributed by atoms with Gasteiger partial charge >= 0.3 is 0 Å². The SMILES string of the molecule is Cc1ccc(C(C)NCc2cc(F)c(O)c(F)c2)c(C)c1. The number of aromatic hydroxyl groups is 1. The number of phenolic OH excluding ortho intramolecular Hbond substituents is 1. The Hall–Kier alpha value is -1.94. The molecular weight excluding hydrogens is 272 g/mol. The monoisotopic (exact) mass is 291 g/mol. The fourth-order valence-corrected chi connectivity index (χ4v) is 2.41. The van der Waals surface area contributed by atoms with E-state index in [0.29, 0.717) is 12.1 Å². The number of rotatable bonds is 4. The molecule has 0 saturated carbocycles. The van der Waals surface area contributed by atoms with Crippen LogP contribution in [0.3, 0.4) is 0 Å². The van der Waals surface area contributed by atoms with Crippen molar-refractivity contribution in [3.05, 3.63) is 64.2 Å². The molecule has 0 aliphatic carbocycles.